The number of halogens is 6. The van der Waals surface area contributed by atoms with Crippen molar-refractivity contribution >= 4 is 34.1 Å². The molecule has 2 aromatic carbocycles. The summed E-state index contributed by atoms with van der Waals surface area (Å²) < 4.78 is 71.1. The summed E-state index contributed by atoms with van der Waals surface area (Å²) in [6, 6.07) is 8.44. The smallest absolute Gasteiger partial charge is 0.390 e. The van der Waals surface area contributed by atoms with Crippen molar-refractivity contribution in [3.05, 3.63) is 81.1 Å². The number of aromatic amines is 1. The Labute approximate surface area is 227 Å². The average Bonchev–Trinajstić information content (AvgIpc) is 3.20. The average molecular weight is 564 g/mol. The fourth-order valence-corrected chi connectivity index (χ4v) is 5.72. The van der Waals surface area contributed by atoms with Gasteiger partial charge in [-0.05, 0) is 80.3 Å². The molecule has 39 heavy (non-hydrogen) atoms. The molecule has 1 aliphatic heterocycles. The van der Waals surface area contributed by atoms with Gasteiger partial charge in [0.05, 0.1) is 6.61 Å². The highest BCUT2D eigenvalue weighted by Crippen LogP contribution is 2.42. The number of rotatable bonds is 3. The number of hydrogen-bond acceptors (Lipinski definition) is 3. The molecule has 5 rings (SSSR count). The van der Waals surface area contributed by atoms with Gasteiger partial charge in [0, 0.05) is 39.2 Å². The molecule has 206 valence electrons. The van der Waals surface area contributed by atoms with E-state index in [4.69, 9.17) is 11.6 Å². The molecule has 2 aliphatic rings. The van der Waals surface area contributed by atoms with Crippen LogP contribution in [0.3, 0.4) is 0 Å². The number of aromatic nitrogens is 1. The number of hydrogen-bond donors (Lipinski definition) is 2. The number of aryl methyl sites for hydroxylation is 2. The Morgan fingerprint density at radius 1 is 1.03 bits per heavy atom. The van der Waals surface area contributed by atoms with Crippen LogP contribution >= 0.6 is 11.6 Å². The standard InChI is InChI=1S/C29H27ClF5N3O/c1-15-5-9-19(26(32)25(15)31)20-10-6-16(7-11-21-22-13-17(30)8-12-23(22)37-27(20)21)28-36-18(14-39)3-2-4-24(38-28)29(33,34)35/h4-5,8-9,12-13,16,20,37,39H,2-3,6-7,10-11,14H2,1H3/b24-4-,36-18+,38-28-/t16?,20-/m0/s1. The van der Waals surface area contributed by atoms with Gasteiger partial charge in [-0.3, -0.25) is 0 Å². The summed E-state index contributed by atoms with van der Waals surface area (Å²) in [6.07, 6.45) is -1.87. The van der Waals surface area contributed by atoms with Gasteiger partial charge in [0.15, 0.2) is 11.6 Å². The van der Waals surface area contributed by atoms with Crippen LogP contribution in [-0.4, -0.2) is 34.4 Å². The molecule has 0 fully saturated rings. The van der Waals surface area contributed by atoms with Crippen molar-refractivity contribution in [3.63, 3.8) is 0 Å². The van der Waals surface area contributed by atoms with Gasteiger partial charge >= 0.3 is 6.18 Å². The summed E-state index contributed by atoms with van der Waals surface area (Å²) in [7, 11) is 0. The molecule has 3 aromatic rings. The van der Waals surface area contributed by atoms with Gasteiger partial charge in [-0.25, -0.2) is 18.8 Å². The molecule has 2 N–H and O–H groups in total. The van der Waals surface area contributed by atoms with E-state index >= 15 is 4.39 Å². The van der Waals surface area contributed by atoms with Crippen molar-refractivity contribution in [2.24, 2.45) is 15.9 Å². The van der Waals surface area contributed by atoms with Crippen LogP contribution in [-0.2, 0) is 6.42 Å². The molecule has 4 nitrogen and oxygen atoms in total. The van der Waals surface area contributed by atoms with Crippen LogP contribution in [0.4, 0.5) is 22.0 Å². The second kappa shape index (κ2) is 10.8. The van der Waals surface area contributed by atoms with Gasteiger partial charge in [-0.2, -0.15) is 13.2 Å². The predicted octanol–water partition coefficient (Wildman–Crippen LogP) is 7.95. The van der Waals surface area contributed by atoms with Gasteiger partial charge in [-0.15, -0.1) is 0 Å². The van der Waals surface area contributed by atoms with Gasteiger partial charge in [0.1, 0.15) is 11.5 Å². The number of H-pyrrole nitrogens is 1. The Hall–Kier alpha value is -3.04. The Morgan fingerprint density at radius 2 is 1.82 bits per heavy atom. The number of aliphatic imine (C=N–C) groups is 2. The Morgan fingerprint density at radius 3 is 2.56 bits per heavy atom. The van der Waals surface area contributed by atoms with Crippen LogP contribution in [0, 0.1) is 24.5 Å². The third kappa shape index (κ3) is 5.52. The Balaban J connectivity index is 1.64. The molecule has 0 amide bonds. The number of amidine groups is 1. The minimum Gasteiger partial charge on any atom is -0.390 e. The summed E-state index contributed by atoms with van der Waals surface area (Å²) >= 11 is 6.29. The quantitative estimate of drug-likeness (QED) is 0.312. The van der Waals surface area contributed by atoms with Gasteiger partial charge in [0.25, 0.3) is 0 Å². The van der Waals surface area contributed by atoms with E-state index in [9.17, 15) is 22.7 Å². The van der Waals surface area contributed by atoms with Gasteiger partial charge in [-0.1, -0.05) is 29.8 Å². The molecule has 1 aromatic heterocycles. The third-order valence-corrected chi connectivity index (χ3v) is 7.83. The van der Waals surface area contributed by atoms with Crippen molar-refractivity contribution < 1.29 is 27.1 Å². The van der Waals surface area contributed by atoms with Gasteiger partial charge < -0.3 is 10.1 Å². The largest absolute Gasteiger partial charge is 0.433 e. The zero-order valence-electron chi connectivity index (χ0n) is 21.2. The minimum absolute atomic E-state index is 0.00189. The molecule has 2 atom stereocenters. The molecule has 0 saturated heterocycles. The zero-order valence-corrected chi connectivity index (χ0v) is 21.9. The second-order valence-corrected chi connectivity index (χ2v) is 10.5. The number of benzene rings is 2. The van der Waals surface area contributed by atoms with E-state index in [0.717, 1.165) is 28.2 Å². The van der Waals surface area contributed by atoms with Crippen LogP contribution in [0.2, 0.25) is 5.02 Å². The van der Waals surface area contributed by atoms with E-state index in [1.807, 2.05) is 6.07 Å². The van der Waals surface area contributed by atoms with Gasteiger partial charge in [0.2, 0.25) is 0 Å². The minimum atomic E-state index is -4.65. The Bertz CT molecular complexity index is 1500. The first-order chi connectivity index (χ1) is 18.6. The molecule has 10 heteroatoms. The fraction of sp³-hybridized carbons (Fsp3) is 0.379. The first-order valence-electron chi connectivity index (χ1n) is 12.8. The maximum atomic E-state index is 15.3. The van der Waals surface area contributed by atoms with Crippen LogP contribution in [0.5, 0.6) is 0 Å². The summed E-state index contributed by atoms with van der Waals surface area (Å²) in [5.74, 6) is -2.96. The number of aliphatic hydroxyl groups is 1. The van der Waals surface area contributed by atoms with Crippen LogP contribution in [0.15, 0.2) is 52.1 Å². The SMILES string of the molecule is Cc1ccc([C@@H]2CCC(C3=N/C(C(F)(F)F)=C\CC/C(CO)=N\3)CCc3c2[nH]c2ccc(Cl)cc32)c(F)c1F. The highest BCUT2D eigenvalue weighted by molar-refractivity contribution is 6.31. The van der Waals surface area contributed by atoms with Crippen LogP contribution < -0.4 is 0 Å². The normalized spacial score (nSPS) is 24.8. The molecule has 2 heterocycles. The number of alkyl halides is 3. The highest BCUT2D eigenvalue weighted by atomic mass is 35.5. The highest BCUT2D eigenvalue weighted by Gasteiger charge is 2.36. The topological polar surface area (TPSA) is 60.7 Å². The number of nitrogens with zero attached hydrogens (tertiary/aromatic N) is 2. The molecule has 1 unspecified atom stereocenters. The Kier molecular flexibility index (Phi) is 7.66. The lowest BCUT2D eigenvalue weighted by Crippen LogP contribution is -2.24. The molecule has 0 spiro atoms. The summed E-state index contributed by atoms with van der Waals surface area (Å²) in [6.45, 7) is 1.10. The van der Waals surface area contributed by atoms with Crippen molar-refractivity contribution in [1.29, 1.82) is 0 Å². The van der Waals surface area contributed by atoms with E-state index in [1.165, 1.54) is 13.0 Å². The first kappa shape index (κ1) is 27.5. The number of fused-ring (bicyclic) bond motifs is 3. The molecular weight excluding hydrogens is 537 g/mol. The predicted molar refractivity (Wildman–Crippen MR) is 143 cm³/mol. The first-order valence-corrected chi connectivity index (χ1v) is 13.2. The third-order valence-electron chi connectivity index (χ3n) is 7.59. The molecular formula is C29H27ClF5N3O. The summed E-state index contributed by atoms with van der Waals surface area (Å²) in [5.41, 5.74) is 2.08. The van der Waals surface area contributed by atoms with Crippen molar-refractivity contribution in [3.8, 4) is 0 Å². The van der Waals surface area contributed by atoms with Crippen molar-refractivity contribution in [2.45, 2.75) is 57.5 Å². The number of nitrogens with one attached hydrogen (secondary N) is 1. The zero-order chi connectivity index (χ0) is 27.9. The van der Waals surface area contributed by atoms with Crippen molar-refractivity contribution in [1.82, 2.24) is 4.98 Å². The lowest BCUT2D eigenvalue weighted by atomic mass is 9.80. The molecule has 0 saturated carbocycles. The van der Waals surface area contributed by atoms with E-state index in [2.05, 4.69) is 15.0 Å². The molecule has 0 bridgehead atoms. The number of allylic oxidation sites excluding steroid dienone is 2. The molecule has 0 radical (unpaired) electrons. The van der Waals surface area contributed by atoms with Crippen molar-refractivity contribution in [2.75, 3.05) is 6.61 Å². The maximum absolute atomic E-state index is 15.3. The lowest BCUT2D eigenvalue weighted by molar-refractivity contribution is -0.0926. The van der Waals surface area contributed by atoms with Crippen LogP contribution in [0.1, 0.15) is 60.4 Å². The van der Waals surface area contributed by atoms with E-state index in [1.54, 1.807) is 18.2 Å². The van der Waals surface area contributed by atoms with E-state index in [0.29, 0.717) is 36.4 Å². The fourth-order valence-electron chi connectivity index (χ4n) is 5.55. The summed E-state index contributed by atoms with van der Waals surface area (Å²) in [5, 5.41) is 11.1. The second-order valence-electron chi connectivity index (χ2n) is 10.1. The van der Waals surface area contributed by atoms with E-state index in [-0.39, 0.29) is 36.4 Å². The maximum Gasteiger partial charge on any atom is 0.433 e. The summed E-state index contributed by atoms with van der Waals surface area (Å²) in [4.78, 5) is 11.7. The van der Waals surface area contributed by atoms with E-state index < -0.39 is 35.3 Å². The monoisotopic (exact) mass is 563 g/mol. The lowest BCUT2D eigenvalue weighted by Gasteiger charge is -2.27. The molecule has 1 aliphatic carbocycles. The van der Waals surface area contributed by atoms with Crippen LogP contribution in [0.25, 0.3) is 10.9 Å². The number of aliphatic hydroxyl groups excluding tert-OH is 1.